The molecule has 0 bridgehead atoms. The topological polar surface area (TPSA) is 59.7 Å². The highest BCUT2D eigenvalue weighted by atomic mass is 16.5. The lowest BCUT2D eigenvalue weighted by molar-refractivity contribution is 0.0550. The first-order chi connectivity index (χ1) is 6.15. The van der Waals surface area contributed by atoms with Crippen LogP contribution < -0.4 is 0 Å². The van der Waals surface area contributed by atoms with E-state index in [-0.39, 0.29) is 5.76 Å². The Hall–Kier alpha value is -1.29. The van der Waals surface area contributed by atoms with Gasteiger partial charge in [-0.3, -0.25) is 0 Å². The second kappa shape index (κ2) is 2.60. The van der Waals surface area contributed by atoms with Gasteiger partial charge < -0.3 is 14.3 Å². The van der Waals surface area contributed by atoms with Crippen LogP contribution in [-0.4, -0.2) is 18.2 Å². The smallest absolute Gasteiger partial charge is 0.373 e. The molecule has 1 fully saturated rings. The number of aliphatic hydroxyl groups is 1. The minimum Gasteiger partial charge on any atom is -0.463 e. The first-order valence-corrected chi connectivity index (χ1v) is 4.07. The minimum atomic E-state index is -0.827. The molecule has 0 amide bonds. The summed E-state index contributed by atoms with van der Waals surface area (Å²) in [6, 6.07) is 3.12. The maximum absolute atomic E-state index is 11.0. The van der Waals surface area contributed by atoms with E-state index >= 15 is 0 Å². The summed E-state index contributed by atoms with van der Waals surface area (Å²) in [6.45, 7) is 0. The van der Waals surface area contributed by atoms with Crippen molar-refractivity contribution in [1.29, 1.82) is 0 Å². The molecule has 0 aliphatic heterocycles. The molecule has 0 aromatic carbocycles. The van der Waals surface area contributed by atoms with Crippen LogP contribution >= 0.6 is 0 Å². The fraction of sp³-hybridized carbons (Fsp3) is 0.444. The van der Waals surface area contributed by atoms with Gasteiger partial charge in [-0.05, 0) is 25.0 Å². The van der Waals surface area contributed by atoms with Crippen molar-refractivity contribution >= 4 is 5.97 Å². The summed E-state index contributed by atoms with van der Waals surface area (Å²) >= 11 is 0. The van der Waals surface area contributed by atoms with E-state index in [0.29, 0.717) is 18.6 Å². The van der Waals surface area contributed by atoms with Crippen molar-refractivity contribution in [2.45, 2.75) is 18.4 Å². The molecule has 1 aromatic heterocycles. The Morgan fingerprint density at radius 3 is 2.85 bits per heavy atom. The van der Waals surface area contributed by atoms with E-state index in [4.69, 9.17) is 4.42 Å². The lowest BCUT2D eigenvalue weighted by Crippen LogP contribution is -2.02. The van der Waals surface area contributed by atoms with Crippen LogP contribution in [-0.2, 0) is 10.3 Å². The predicted molar refractivity (Wildman–Crippen MR) is 43.2 cm³/mol. The zero-order chi connectivity index (χ0) is 9.47. The van der Waals surface area contributed by atoms with Crippen LogP contribution in [0.4, 0.5) is 0 Å². The van der Waals surface area contributed by atoms with Crippen LogP contribution in [0.3, 0.4) is 0 Å². The van der Waals surface area contributed by atoms with Crippen molar-refractivity contribution in [1.82, 2.24) is 0 Å². The molecule has 0 atom stereocenters. The highest BCUT2D eigenvalue weighted by Crippen LogP contribution is 2.45. The fourth-order valence-electron chi connectivity index (χ4n) is 1.16. The van der Waals surface area contributed by atoms with Gasteiger partial charge in [-0.2, -0.15) is 0 Å². The molecule has 1 aliphatic carbocycles. The largest absolute Gasteiger partial charge is 0.463 e. The van der Waals surface area contributed by atoms with Crippen LogP contribution in [0.1, 0.15) is 29.2 Å². The molecule has 70 valence electrons. The molecule has 2 rings (SSSR count). The lowest BCUT2D eigenvalue weighted by atomic mass is 10.2. The molecule has 1 saturated carbocycles. The van der Waals surface area contributed by atoms with Gasteiger partial charge in [0.1, 0.15) is 11.4 Å². The van der Waals surface area contributed by atoms with E-state index in [1.54, 1.807) is 6.07 Å². The quantitative estimate of drug-likeness (QED) is 0.694. The summed E-state index contributed by atoms with van der Waals surface area (Å²) in [4.78, 5) is 11.0. The third-order valence-corrected chi connectivity index (χ3v) is 2.17. The molecule has 1 aliphatic rings. The molecule has 0 saturated heterocycles. The maximum Gasteiger partial charge on any atom is 0.373 e. The van der Waals surface area contributed by atoms with E-state index in [1.165, 1.54) is 13.2 Å². The molecule has 13 heavy (non-hydrogen) atoms. The number of ether oxygens (including phenoxy) is 1. The molecule has 1 N–H and O–H groups in total. The molecule has 1 aromatic rings. The van der Waals surface area contributed by atoms with Crippen molar-refractivity contribution in [3.63, 3.8) is 0 Å². The summed E-state index contributed by atoms with van der Waals surface area (Å²) < 4.78 is 9.61. The third kappa shape index (κ3) is 1.33. The normalized spacial score (nSPS) is 18.3. The fourth-order valence-corrected chi connectivity index (χ4v) is 1.16. The Kier molecular flexibility index (Phi) is 1.66. The standard InChI is InChI=1S/C9H10O4/c1-12-8(10)6-2-3-7(13-6)9(11)4-5-9/h2-3,11H,4-5H2,1H3. The van der Waals surface area contributed by atoms with E-state index in [9.17, 15) is 9.90 Å². The number of hydrogen-bond acceptors (Lipinski definition) is 4. The van der Waals surface area contributed by atoms with Crippen LogP contribution in [0.15, 0.2) is 16.5 Å². The number of carbonyl (C=O) groups excluding carboxylic acids is 1. The second-order valence-electron chi connectivity index (χ2n) is 3.19. The van der Waals surface area contributed by atoms with E-state index in [2.05, 4.69) is 4.74 Å². The van der Waals surface area contributed by atoms with Gasteiger partial charge in [0.05, 0.1) is 7.11 Å². The Morgan fingerprint density at radius 2 is 2.31 bits per heavy atom. The molecule has 0 unspecified atom stereocenters. The average molecular weight is 182 g/mol. The minimum absolute atomic E-state index is 0.137. The summed E-state index contributed by atoms with van der Waals surface area (Å²) in [5, 5.41) is 9.62. The number of rotatable bonds is 2. The van der Waals surface area contributed by atoms with Crippen molar-refractivity contribution in [2.75, 3.05) is 7.11 Å². The Bertz CT molecular complexity index is 335. The highest BCUT2D eigenvalue weighted by molar-refractivity contribution is 5.86. The zero-order valence-electron chi connectivity index (χ0n) is 7.24. The zero-order valence-corrected chi connectivity index (χ0v) is 7.24. The number of esters is 1. The molecular weight excluding hydrogens is 172 g/mol. The Morgan fingerprint density at radius 1 is 1.62 bits per heavy atom. The number of hydrogen-bond donors (Lipinski definition) is 1. The summed E-state index contributed by atoms with van der Waals surface area (Å²) in [5.41, 5.74) is -0.827. The average Bonchev–Trinajstić information content (AvgIpc) is 2.72. The highest BCUT2D eigenvalue weighted by Gasteiger charge is 2.45. The van der Waals surface area contributed by atoms with Gasteiger partial charge in [-0.15, -0.1) is 0 Å². The van der Waals surface area contributed by atoms with Crippen LogP contribution in [0.2, 0.25) is 0 Å². The predicted octanol–water partition coefficient (Wildman–Crippen LogP) is 1.05. The van der Waals surface area contributed by atoms with Gasteiger partial charge in [-0.25, -0.2) is 4.79 Å². The summed E-state index contributed by atoms with van der Waals surface area (Å²) in [6.07, 6.45) is 1.39. The molecule has 0 spiro atoms. The van der Waals surface area contributed by atoms with Crippen LogP contribution in [0.25, 0.3) is 0 Å². The van der Waals surface area contributed by atoms with Gasteiger partial charge in [0, 0.05) is 0 Å². The number of methoxy groups -OCH3 is 1. The third-order valence-electron chi connectivity index (χ3n) is 2.17. The molecule has 4 nitrogen and oxygen atoms in total. The summed E-state index contributed by atoms with van der Waals surface area (Å²) in [5.74, 6) is 0.0706. The lowest BCUT2D eigenvalue weighted by Gasteiger charge is -2.01. The van der Waals surface area contributed by atoms with Crippen molar-refractivity contribution in [3.05, 3.63) is 23.7 Å². The molecule has 4 heteroatoms. The number of furan rings is 1. The van der Waals surface area contributed by atoms with Gasteiger partial charge in [-0.1, -0.05) is 0 Å². The van der Waals surface area contributed by atoms with E-state index in [0.717, 1.165) is 0 Å². The molecular formula is C9H10O4. The Balaban J connectivity index is 2.23. The Labute approximate surface area is 75.1 Å². The van der Waals surface area contributed by atoms with Crippen LogP contribution in [0.5, 0.6) is 0 Å². The second-order valence-corrected chi connectivity index (χ2v) is 3.19. The van der Waals surface area contributed by atoms with Gasteiger partial charge >= 0.3 is 5.97 Å². The van der Waals surface area contributed by atoms with E-state index in [1.807, 2.05) is 0 Å². The van der Waals surface area contributed by atoms with Crippen molar-refractivity contribution in [3.8, 4) is 0 Å². The number of carbonyl (C=O) groups is 1. The van der Waals surface area contributed by atoms with Crippen molar-refractivity contribution < 1.29 is 19.1 Å². The maximum atomic E-state index is 11.0. The van der Waals surface area contributed by atoms with Gasteiger partial charge in [0.2, 0.25) is 5.76 Å². The van der Waals surface area contributed by atoms with E-state index < -0.39 is 11.6 Å². The monoisotopic (exact) mass is 182 g/mol. The molecule has 1 heterocycles. The molecule has 0 radical (unpaired) electrons. The van der Waals surface area contributed by atoms with Gasteiger partial charge in [0.25, 0.3) is 0 Å². The van der Waals surface area contributed by atoms with Crippen LogP contribution in [0, 0.1) is 0 Å². The summed E-state index contributed by atoms with van der Waals surface area (Å²) in [7, 11) is 1.29. The van der Waals surface area contributed by atoms with Gasteiger partial charge in [0.15, 0.2) is 0 Å². The first-order valence-electron chi connectivity index (χ1n) is 4.07. The van der Waals surface area contributed by atoms with Crippen molar-refractivity contribution in [2.24, 2.45) is 0 Å². The SMILES string of the molecule is COC(=O)c1ccc(C2(O)CC2)o1. The first kappa shape index (κ1) is 8.31.